The van der Waals surface area contributed by atoms with Crippen molar-refractivity contribution in [1.29, 1.82) is 0 Å². The highest BCUT2D eigenvalue weighted by molar-refractivity contribution is 5.95. The van der Waals surface area contributed by atoms with Gasteiger partial charge in [0, 0.05) is 24.7 Å². The molecule has 2 bridgehead atoms. The third-order valence-corrected chi connectivity index (χ3v) is 5.90. The Bertz CT molecular complexity index is 860. The number of nitrogens with zero attached hydrogens (tertiary/aromatic N) is 1. The van der Waals surface area contributed by atoms with Gasteiger partial charge in [0.05, 0.1) is 0 Å². The molecule has 2 saturated heterocycles. The van der Waals surface area contributed by atoms with Crippen LogP contribution in [0.4, 0.5) is 0 Å². The van der Waals surface area contributed by atoms with Crippen molar-refractivity contribution in [1.82, 2.24) is 10.2 Å². The van der Waals surface area contributed by atoms with Gasteiger partial charge in [-0.05, 0) is 55.6 Å². The Balaban J connectivity index is 1.20. The van der Waals surface area contributed by atoms with E-state index in [1.807, 2.05) is 36.4 Å². The fourth-order valence-electron chi connectivity index (χ4n) is 4.48. The summed E-state index contributed by atoms with van der Waals surface area (Å²) in [5.41, 5.74) is 0.602. The SMILES string of the molecule is O=C(N[C@H]1C[C@@H]2CCN(C2)C1)c1ccc2c(c1)O[C@H](COc1ccccc1)CO2. The van der Waals surface area contributed by atoms with Crippen LogP contribution in [0, 0.1) is 5.92 Å². The lowest BCUT2D eigenvalue weighted by Gasteiger charge is -2.30. The van der Waals surface area contributed by atoms with Crippen LogP contribution in [-0.2, 0) is 0 Å². The molecule has 2 aromatic carbocycles. The molecule has 3 heterocycles. The van der Waals surface area contributed by atoms with E-state index < -0.39 is 0 Å². The maximum atomic E-state index is 12.8. The average molecular weight is 394 g/mol. The summed E-state index contributed by atoms with van der Waals surface area (Å²) in [5, 5.41) is 3.20. The van der Waals surface area contributed by atoms with E-state index in [1.165, 1.54) is 13.0 Å². The highest BCUT2D eigenvalue weighted by Gasteiger charge is 2.33. The van der Waals surface area contributed by atoms with E-state index in [2.05, 4.69) is 10.2 Å². The van der Waals surface area contributed by atoms with E-state index >= 15 is 0 Å². The summed E-state index contributed by atoms with van der Waals surface area (Å²) < 4.78 is 17.6. The van der Waals surface area contributed by atoms with Gasteiger partial charge in [-0.1, -0.05) is 18.2 Å². The van der Waals surface area contributed by atoms with Gasteiger partial charge in [-0.3, -0.25) is 4.79 Å². The van der Waals surface area contributed by atoms with Crippen LogP contribution in [-0.4, -0.2) is 55.8 Å². The number of benzene rings is 2. The smallest absolute Gasteiger partial charge is 0.251 e. The number of carbonyl (C=O) groups is 1. The van der Waals surface area contributed by atoms with Crippen LogP contribution >= 0.6 is 0 Å². The summed E-state index contributed by atoms with van der Waals surface area (Å²) in [7, 11) is 0. The largest absolute Gasteiger partial charge is 0.490 e. The standard InChI is InChI=1S/C23H26N2O4/c26-23(24-18-10-16-8-9-25(12-16)13-18)17-6-7-21-22(11-17)29-20(15-28-21)14-27-19-4-2-1-3-5-19/h1-7,11,16,18,20H,8-10,12-15H2,(H,24,26)/t16-,18-,20+/m0/s1. The Morgan fingerprint density at radius 3 is 2.90 bits per heavy atom. The van der Waals surface area contributed by atoms with Gasteiger partial charge in [-0.15, -0.1) is 0 Å². The Labute approximate surface area is 170 Å². The van der Waals surface area contributed by atoms with E-state index in [1.54, 1.807) is 12.1 Å². The van der Waals surface area contributed by atoms with E-state index in [0.29, 0.717) is 30.3 Å². The highest BCUT2D eigenvalue weighted by atomic mass is 16.6. The van der Waals surface area contributed by atoms with Crippen molar-refractivity contribution >= 4 is 5.91 Å². The molecule has 4 atom stereocenters. The minimum absolute atomic E-state index is 0.0495. The van der Waals surface area contributed by atoms with Crippen molar-refractivity contribution < 1.29 is 19.0 Å². The van der Waals surface area contributed by atoms with Gasteiger partial charge in [0.15, 0.2) is 17.6 Å². The molecule has 3 aliphatic rings. The first-order valence-electron chi connectivity index (χ1n) is 10.4. The molecule has 152 valence electrons. The van der Waals surface area contributed by atoms with Crippen molar-refractivity contribution in [2.24, 2.45) is 5.92 Å². The van der Waals surface area contributed by atoms with E-state index in [9.17, 15) is 4.79 Å². The lowest BCUT2D eigenvalue weighted by Crippen LogP contribution is -2.47. The molecule has 5 rings (SSSR count). The lowest BCUT2D eigenvalue weighted by atomic mass is 9.96. The quantitative estimate of drug-likeness (QED) is 0.845. The van der Waals surface area contributed by atoms with Gasteiger partial charge < -0.3 is 24.4 Å². The molecule has 29 heavy (non-hydrogen) atoms. The monoisotopic (exact) mass is 394 g/mol. The molecule has 1 amide bonds. The molecule has 6 heteroatoms. The Kier molecular flexibility index (Phi) is 5.02. The van der Waals surface area contributed by atoms with Crippen molar-refractivity contribution in [2.45, 2.75) is 25.0 Å². The second-order valence-electron chi connectivity index (χ2n) is 8.16. The molecular formula is C23H26N2O4. The number of piperidine rings is 1. The minimum atomic E-state index is -0.220. The van der Waals surface area contributed by atoms with Gasteiger partial charge in [0.1, 0.15) is 19.0 Å². The zero-order valence-corrected chi connectivity index (χ0v) is 16.4. The van der Waals surface area contributed by atoms with Crippen LogP contribution in [0.15, 0.2) is 48.5 Å². The molecule has 0 aliphatic carbocycles. The number of rotatable bonds is 5. The number of amides is 1. The fraction of sp³-hybridized carbons (Fsp3) is 0.435. The predicted octanol–water partition coefficient (Wildman–Crippen LogP) is 2.73. The average Bonchev–Trinajstić information content (AvgIpc) is 3.10. The lowest BCUT2D eigenvalue weighted by molar-refractivity contribution is 0.0533. The van der Waals surface area contributed by atoms with Crippen LogP contribution in [0.3, 0.4) is 0 Å². The van der Waals surface area contributed by atoms with Crippen molar-refractivity contribution in [3.8, 4) is 17.2 Å². The molecule has 3 aliphatic heterocycles. The third kappa shape index (κ3) is 4.17. The molecular weight excluding hydrogens is 368 g/mol. The van der Waals surface area contributed by atoms with Crippen LogP contribution in [0.1, 0.15) is 23.2 Å². The molecule has 6 nitrogen and oxygen atoms in total. The Morgan fingerprint density at radius 1 is 1.14 bits per heavy atom. The number of carbonyl (C=O) groups excluding carboxylic acids is 1. The molecule has 0 aromatic heterocycles. The van der Waals surface area contributed by atoms with Gasteiger partial charge in [-0.2, -0.15) is 0 Å². The topological polar surface area (TPSA) is 60.0 Å². The number of hydrogen-bond donors (Lipinski definition) is 1. The summed E-state index contributed by atoms with van der Waals surface area (Å²) >= 11 is 0. The highest BCUT2D eigenvalue weighted by Crippen LogP contribution is 2.33. The molecule has 2 aromatic rings. The maximum absolute atomic E-state index is 12.8. The third-order valence-electron chi connectivity index (χ3n) is 5.90. The maximum Gasteiger partial charge on any atom is 0.251 e. The van der Waals surface area contributed by atoms with E-state index in [0.717, 1.165) is 31.2 Å². The van der Waals surface area contributed by atoms with Crippen LogP contribution in [0.25, 0.3) is 0 Å². The second kappa shape index (κ2) is 7.95. The molecule has 0 spiro atoms. The first-order valence-corrected chi connectivity index (χ1v) is 10.4. The summed E-state index contributed by atoms with van der Waals surface area (Å²) in [6, 6.07) is 15.3. The first-order chi connectivity index (χ1) is 14.2. The van der Waals surface area contributed by atoms with Gasteiger partial charge in [-0.25, -0.2) is 0 Å². The molecule has 2 fully saturated rings. The zero-order chi connectivity index (χ0) is 19.6. The molecule has 0 saturated carbocycles. The van der Waals surface area contributed by atoms with Crippen LogP contribution < -0.4 is 19.5 Å². The summed E-state index contributed by atoms with van der Waals surface area (Å²) in [6.45, 7) is 4.10. The zero-order valence-electron chi connectivity index (χ0n) is 16.4. The number of ether oxygens (including phenoxy) is 3. The van der Waals surface area contributed by atoms with Gasteiger partial charge >= 0.3 is 0 Å². The van der Waals surface area contributed by atoms with Gasteiger partial charge in [0.25, 0.3) is 5.91 Å². The number of nitrogens with one attached hydrogen (secondary N) is 1. The Morgan fingerprint density at radius 2 is 2.03 bits per heavy atom. The van der Waals surface area contributed by atoms with Crippen molar-refractivity contribution in [3.05, 3.63) is 54.1 Å². The summed E-state index contributed by atoms with van der Waals surface area (Å²) in [4.78, 5) is 15.2. The minimum Gasteiger partial charge on any atom is -0.490 e. The summed E-state index contributed by atoms with van der Waals surface area (Å²) in [6.07, 6.45) is 2.11. The van der Waals surface area contributed by atoms with E-state index in [4.69, 9.17) is 14.2 Å². The second-order valence-corrected chi connectivity index (χ2v) is 8.16. The normalized spacial score (nSPS) is 27.3. The molecule has 0 radical (unpaired) electrons. The Hall–Kier alpha value is -2.73. The van der Waals surface area contributed by atoms with Crippen molar-refractivity contribution in [3.63, 3.8) is 0 Å². The summed E-state index contributed by atoms with van der Waals surface area (Å²) in [5.74, 6) is 2.73. The van der Waals surface area contributed by atoms with Crippen molar-refractivity contribution in [2.75, 3.05) is 32.8 Å². The van der Waals surface area contributed by atoms with Gasteiger partial charge in [0.2, 0.25) is 0 Å². The van der Waals surface area contributed by atoms with Crippen LogP contribution in [0.2, 0.25) is 0 Å². The molecule has 1 N–H and O–H groups in total. The van der Waals surface area contributed by atoms with Crippen LogP contribution in [0.5, 0.6) is 17.2 Å². The molecule has 1 unspecified atom stereocenters. The number of hydrogen-bond acceptors (Lipinski definition) is 5. The fourth-order valence-corrected chi connectivity index (χ4v) is 4.48. The number of para-hydroxylation sites is 1. The predicted molar refractivity (Wildman–Crippen MR) is 109 cm³/mol. The number of fused-ring (bicyclic) bond motifs is 3. The first kappa shape index (κ1) is 18.3. The van der Waals surface area contributed by atoms with E-state index in [-0.39, 0.29) is 18.1 Å².